The molecule has 0 spiro atoms. The summed E-state index contributed by atoms with van der Waals surface area (Å²) in [7, 11) is 0. The SMILES string of the molecule is CC(C)(C)N(C(=O)c1ccc(N)cc1F)[C@@](CCC(=O)O)(C(=O)O)C(C)(C)C. The summed E-state index contributed by atoms with van der Waals surface area (Å²) >= 11 is 0. The topological polar surface area (TPSA) is 121 Å². The zero-order chi connectivity index (χ0) is 22.1. The number of nitrogen functional groups attached to an aromatic ring is 1. The van der Waals surface area contributed by atoms with Gasteiger partial charge in [0.15, 0.2) is 0 Å². The molecule has 0 radical (unpaired) electrons. The average molecular weight is 396 g/mol. The molecule has 0 bridgehead atoms. The minimum atomic E-state index is -1.89. The summed E-state index contributed by atoms with van der Waals surface area (Å²) in [5, 5.41) is 19.4. The van der Waals surface area contributed by atoms with E-state index in [1.807, 2.05) is 0 Å². The number of carbonyl (C=O) groups is 3. The fourth-order valence-corrected chi connectivity index (χ4v) is 3.51. The number of amides is 1. The Labute approximate surface area is 164 Å². The molecule has 1 aromatic carbocycles. The van der Waals surface area contributed by atoms with Crippen LogP contribution in [0.25, 0.3) is 0 Å². The molecule has 0 aliphatic heterocycles. The first kappa shape index (κ1) is 23.4. The van der Waals surface area contributed by atoms with Gasteiger partial charge in [-0.2, -0.15) is 0 Å². The summed E-state index contributed by atoms with van der Waals surface area (Å²) in [5.41, 5.74) is 1.36. The number of rotatable bonds is 6. The molecular formula is C20H29FN2O5. The molecule has 1 aromatic rings. The van der Waals surface area contributed by atoms with E-state index in [1.165, 1.54) is 12.1 Å². The number of carboxylic acids is 2. The molecule has 0 unspecified atom stereocenters. The van der Waals surface area contributed by atoms with Crippen molar-refractivity contribution in [1.82, 2.24) is 4.90 Å². The smallest absolute Gasteiger partial charge is 0.330 e. The quantitative estimate of drug-likeness (QED) is 0.634. The average Bonchev–Trinajstić information content (AvgIpc) is 2.47. The Bertz CT molecular complexity index is 780. The molecular weight excluding hydrogens is 367 g/mol. The zero-order valence-electron chi connectivity index (χ0n) is 17.2. The van der Waals surface area contributed by atoms with Gasteiger partial charge in [-0.15, -0.1) is 0 Å². The Morgan fingerprint density at radius 3 is 1.96 bits per heavy atom. The molecule has 7 nitrogen and oxygen atoms in total. The first-order chi connectivity index (χ1) is 12.6. The third-order valence-corrected chi connectivity index (χ3v) is 4.77. The van der Waals surface area contributed by atoms with Crippen LogP contribution in [0.4, 0.5) is 10.1 Å². The van der Waals surface area contributed by atoms with Gasteiger partial charge in [0.2, 0.25) is 0 Å². The second-order valence-corrected chi connectivity index (χ2v) is 8.86. The second kappa shape index (κ2) is 7.77. The van der Waals surface area contributed by atoms with Crippen LogP contribution < -0.4 is 5.73 Å². The van der Waals surface area contributed by atoms with Gasteiger partial charge in [-0.05, 0) is 50.8 Å². The third kappa shape index (κ3) is 4.43. The number of benzene rings is 1. The predicted molar refractivity (Wildman–Crippen MR) is 103 cm³/mol. The van der Waals surface area contributed by atoms with Crippen molar-refractivity contribution in [3.63, 3.8) is 0 Å². The molecule has 4 N–H and O–H groups in total. The molecule has 0 saturated carbocycles. The first-order valence-electron chi connectivity index (χ1n) is 8.90. The Balaban J connectivity index is 3.79. The fourth-order valence-electron chi connectivity index (χ4n) is 3.51. The lowest BCUT2D eigenvalue weighted by Crippen LogP contribution is -2.69. The third-order valence-electron chi connectivity index (χ3n) is 4.77. The lowest BCUT2D eigenvalue weighted by atomic mass is 9.67. The maximum atomic E-state index is 14.5. The molecule has 0 aliphatic rings. The highest BCUT2D eigenvalue weighted by Crippen LogP contribution is 2.44. The Kier molecular flexibility index (Phi) is 6.49. The number of nitrogens with zero attached hydrogens (tertiary/aromatic N) is 1. The lowest BCUT2D eigenvalue weighted by Gasteiger charge is -2.54. The van der Waals surface area contributed by atoms with Gasteiger partial charge < -0.3 is 20.8 Å². The number of nitrogens with two attached hydrogens (primary N) is 1. The number of hydrogen-bond donors (Lipinski definition) is 3. The molecule has 28 heavy (non-hydrogen) atoms. The van der Waals surface area contributed by atoms with Crippen molar-refractivity contribution in [2.24, 2.45) is 5.41 Å². The van der Waals surface area contributed by atoms with Gasteiger partial charge in [0.05, 0.1) is 5.56 Å². The second-order valence-electron chi connectivity index (χ2n) is 8.86. The van der Waals surface area contributed by atoms with Crippen LogP contribution in [0.2, 0.25) is 0 Å². The van der Waals surface area contributed by atoms with E-state index in [4.69, 9.17) is 10.8 Å². The summed E-state index contributed by atoms with van der Waals surface area (Å²) in [4.78, 5) is 38.3. The molecule has 156 valence electrons. The van der Waals surface area contributed by atoms with Crippen LogP contribution in [-0.4, -0.2) is 44.0 Å². The van der Waals surface area contributed by atoms with Crippen molar-refractivity contribution in [3.05, 3.63) is 29.6 Å². The van der Waals surface area contributed by atoms with Crippen LogP contribution in [0, 0.1) is 11.2 Å². The highest BCUT2D eigenvalue weighted by atomic mass is 19.1. The van der Waals surface area contributed by atoms with Gasteiger partial charge in [0, 0.05) is 17.6 Å². The van der Waals surface area contributed by atoms with Crippen molar-refractivity contribution in [3.8, 4) is 0 Å². The molecule has 0 saturated heterocycles. The number of carboxylic acid groups (broad SMARTS) is 2. The summed E-state index contributed by atoms with van der Waals surface area (Å²) in [6.45, 7) is 9.75. The lowest BCUT2D eigenvalue weighted by molar-refractivity contribution is -0.164. The Hall–Kier alpha value is -2.64. The van der Waals surface area contributed by atoms with Crippen LogP contribution >= 0.6 is 0 Å². The number of anilines is 1. The van der Waals surface area contributed by atoms with Crippen molar-refractivity contribution in [1.29, 1.82) is 0 Å². The van der Waals surface area contributed by atoms with Crippen molar-refractivity contribution in [2.45, 2.75) is 65.5 Å². The highest BCUT2D eigenvalue weighted by Gasteiger charge is 2.58. The summed E-state index contributed by atoms with van der Waals surface area (Å²) < 4.78 is 14.5. The van der Waals surface area contributed by atoms with E-state index in [0.717, 1.165) is 11.0 Å². The van der Waals surface area contributed by atoms with Crippen LogP contribution in [0.15, 0.2) is 18.2 Å². The molecule has 0 aromatic heterocycles. The van der Waals surface area contributed by atoms with E-state index < -0.39 is 46.6 Å². The maximum absolute atomic E-state index is 14.5. The molecule has 1 amide bonds. The molecule has 1 atom stereocenters. The van der Waals surface area contributed by atoms with Crippen LogP contribution in [0.5, 0.6) is 0 Å². The van der Waals surface area contributed by atoms with E-state index in [1.54, 1.807) is 41.5 Å². The summed E-state index contributed by atoms with van der Waals surface area (Å²) in [6.07, 6.45) is -0.797. The van der Waals surface area contributed by atoms with Crippen LogP contribution in [0.1, 0.15) is 64.7 Å². The molecule has 8 heteroatoms. The standard InChI is InChI=1S/C20H29FN2O5/c1-18(2,3)20(17(27)28,10-9-15(24)25)23(19(4,5)6)16(26)13-8-7-12(22)11-14(13)21/h7-8,11H,9-10,22H2,1-6H3,(H,24,25)(H,27,28)/t20-/m0/s1. The molecule has 0 heterocycles. The van der Waals surface area contributed by atoms with E-state index in [9.17, 15) is 23.9 Å². The Morgan fingerprint density at radius 2 is 1.61 bits per heavy atom. The van der Waals surface area contributed by atoms with Gasteiger partial charge in [-0.25, -0.2) is 9.18 Å². The summed E-state index contributed by atoms with van der Waals surface area (Å²) in [5.74, 6) is -4.24. The maximum Gasteiger partial charge on any atom is 0.330 e. The molecule has 0 fully saturated rings. The van der Waals surface area contributed by atoms with Crippen LogP contribution in [0.3, 0.4) is 0 Å². The molecule has 0 aliphatic carbocycles. The minimum Gasteiger partial charge on any atom is -0.481 e. The van der Waals surface area contributed by atoms with Crippen molar-refractivity contribution in [2.75, 3.05) is 5.73 Å². The monoisotopic (exact) mass is 396 g/mol. The van der Waals surface area contributed by atoms with Crippen molar-refractivity contribution < 1.29 is 29.0 Å². The van der Waals surface area contributed by atoms with Gasteiger partial charge in [0.25, 0.3) is 5.91 Å². The number of halogens is 1. The van der Waals surface area contributed by atoms with E-state index in [-0.39, 0.29) is 17.7 Å². The Morgan fingerprint density at radius 1 is 1.07 bits per heavy atom. The number of aliphatic carboxylic acids is 2. The van der Waals surface area contributed by atoms with Gasteiger partial charge >= 0.3 is 11.9 Å². The van der Waals surface area contributed by atoms with E-state index in [2.05, 4.69) is 0 Å². The minimum absolute atomic E-state index is 0.127. The number of carbonyl (C=O) groups excluding carboxylic acids is 1. The molecule has 1 rings (SSSR count). The van der Waals surface area contributed by atoms with Crippen molar-refractivity contribution >= 4 is 23.5 Å². The largest absolute Gasteiger partial charge is 0.481 e. The highest BCUT2D eigenvalue weighted by molar-refractivity contribution is 5.99. The normalized spacial score (nSPS) is 14.2. The summed E-state index contributed by atoms with van der Waals surface area (Å²) in [6, 6.07) is 3.55. The van der Waals surface area contributed by atoms with Gasteiger partial charge in [0.1, 0.15) is 11.4 Å². The van der Waals surface area contributed by atoms with Crippen LogP contribution in [-0.2, 0) is 9.59 Å². The predicted octanol–water partition coefficient (Wildman–Crippen LogP) is 3.38. The number of hydrogen-bond acceptors (Lipinski definition) is 4. The first-order valence-corrected chi connectivity index (χ1v) is 8.90. The fraction of sp³-hybridized carbons (Fsp3) is 0.550. The van der Waals surface area contributed by atoms with E-state index >= 15 is 0 Å². The zero-order valence-corrected chi connectivity index (χ0v) is 17.2. The van der Waals surface area contributed by atoms with Gasteiger partial charge in [-0.1, -0.05) is 20.8 Å². The van der Waals surface area contributed by atoms with Gasteiger partial charge in [-0.3, -0.25) is 9.59 Å². The van der Waals surface area contributed by atoms with E-state index in [0.29, 0.717) is 0 Å².